The highest BCUT2D eigenvalue weighted by Gasteiger charge is 2.40. The normalized spacial score (nSPS) is 37.5. The minimum atomic E-state index is -0.328. The van der Waals surface area contributed by atoms with E-state index in [1.165, 1.54) is 0 Å². The Bertz CT molecular complexity index is 144. The number of aliphatic hydroxyl groups is 2. The Balaban J connectivity index is 2.64. The first-order valence-electron chi connectivity index (χ1n) is 4.15. The average Bonchev–Trinajstić information content (AvgIpc) is 2.35. The zero-order valence-corrected chi connectivity index (χ0v) is 6.79. The molecule has 2 nitrogen and oxygen atoms in total. The van der Waals surface area contributed by atoms with Gasteiger partial charge in [0.15, 0.2) is 0 Å². The molecule has 0 heterocycles. The van der Waals surface area contributed by atoms with Crippen LogP contribution in [-0.4, -0.2) is 22.9 Å². The highest BCUT2D eigenvalue weighted by molar-refractivity contribution is 4.95. The van der Waals surface area contributed by atoms with Crippen molar-refractivity contribution in [3.05, 3.63) is 12.7 Å². The summed E-state index contributed by atoms with van der Waals surface area (Å²) in [7, 11) is 0. The van der Waals surface area contributed by atoms with E-state index in [0.717, 1.165) is 25.7 Å². The van der Waals surface area contributed by atoms with Crippen LogP contribution in [0, 0.1) is 5.41 Å². The van der Waals surface area contributed by atoms with Gasteiger partial charge in [-0.05, 0) is 19.3 Å². The first kappa shape index (κ1) is 8.75. The number of aliphatic hydroxyl groups excluding tert-OH is 2. The van der Waals surface area contributed by atoms with Gasteiger partial charge < -0.3 is 10.2 Å². The third-order valence-electron chi connectivity index (χ3n) is 2.72. The third-order valence-corrected chi connectivity index (χ3v) is 2.72. The Morgan fingerprint density at radius 3 is 2.73 bits per heavy atom. The monoisotopic (exact) mass is 156 g/mol. The van der Waals surface area contributed by atoms with E-state index in [4.69, 9.17) is 5.11 Å². The van der Waals surface area contributed by atoms with Crippen LogP contribution in [0.3, 0.4) is 0 Å². The van der Waals surface area contributed by atoms with E-state index < -0.39 is 0 Å². The SMILES string of the molecule is C=CCC1(CO)CCCC1O. The maximum atomic E-state index is 9.56. The van der Waals surface area contributed by atoms with Crippen LogP contribution in [0.4, 0.5) is 0 Å². The minimum Gasteiger partial charge on any atom is -0.396 e. The van der Waals surface area contributed by atoms with Gasteiger partial charge in [0.2, 0.25) is 0 Å². The lowest BCUT2D eigenvalue weighted by atomic mass is 9.82. The van der Waals surface area contributed by atoms with Crippen molar-refractivity contribution in [3.8, 4) is 0 Å². The fourth-order valence-corrected chi connectivity index (χ4v) is 1.89. The topological polar surface area (TPSA) is 40.5 Å². The van der Waals surface area contributed by atoms with E-state index in [1.54, 1.807) is 6.08 Å². The molecule has 0 aromatic carbocycles. The van der Waals surface area contributed by atoms with E-state index >= 15 is 0 Å². The van der Waals surface area contributed by atoms with Crippen LogP contribution in [0.2, 0.25) is 0 Å². The van der Waals surface area contributed by atoms with E-state index in [0.29, 0.717) is 0 Å². The molecule has 0 radical (unpaired) electrons. The largest absolute Gasteiger partial charge is 0.396 e. The molecule has 0 aliphatic heterocycles. The van der Waals surface area contributed by atoms with Crippen LogP contribution < -0.4 is 0 Å². The predicted molar refractivity (Wildman–Crippen MR) is 44.2 cm³/mol. The second-order valence-electron chi connectivity index (χ2n) is 3.42. The van der Waals surface area contributed by atoms with Crippen molar-refractivity contribution in [2.75, 3.05) is 6.61 Å². The Hall–Kier alpha value is -0.340. The quantitative estimate of drug-likeness (QED) is 0.600. The van der Waals surface area contributed by atoms with Gasteiger partial charge in [-0.3, -0.25) is 0 Å². The van der Waals surface area contributed by atoms with E-state index in [2.05, 4.69) is 6.58 Å². The second-order valence-corrected chi connectivity index (χ2v) is 3.42. The zero-order chi connectivity index (χ0) is 8.32. The summed E-state index contributed by atoms with van der Waals surface area (Å²) in [4.78, 5) is 0. The Kier molecular flexibility index (Phi) is 2.68. The van der Waals surface area contributed by atoms with Crippen molar-refractivity contribution < 1.29 is 10.2 Å². The van der Waals surface area contributed by atoms with E-state index in [1.807, 2.05) is 0 Å². The van der Waals surface area contributed by atoms with Gasteiger partial charge in [0.05, 0.1) is 12.7 Å². The summed E-state index contributed by atoms with van der Waals surface area (Å²) < 4.78 is 0. The van der Waals surface area contributed by atoms with Crippen LogP contribution in [0.5, 0.6) is 0 Å². The van der Waals surface area contributed by atoms with Crippen LogP contribution >= 0.6 is 0 Å². The molecule has 0 aromatic heterocycles. The molecule has 0 spiro atoms. The molecule has 1 fully saturated rings. The van der Waals surface area contributed by atoms with Gasteiger partial charge in [-0.1, -0.05) is 12.5 Å². The molecule has 2 heteroatoms. The fraction of sp³-hybridized carbons (Fsp3) is 0.778. The summed E-state index contributed by atoms with van der Waals surface area (Å²) in [5, 5.41) is 18.7. The molecule has 0 aromatic rings. The molecule has 11 heavy (non-hydrogen) atoms. The zero-order valence-electron chi connectivity index (χ0n) is 6.79. The maximum Gasteiger partial charge on any atom is 0.0621 e. The molecule has 1 saturated carbocycles. The van der Waals surface area contributed by atoms with Crippen molar-refractivity contribution in [1.29, 1.82) is 0 Å². The Morgan fingerprint density at radius 1 is 1.64 bits per heavy atom. The lowest BCUT2D eigenvalue weighted by molar-refractivity contribution is 0.00865. The maximum absolute atomic E-state index is 9.56. The van der Waals surface area contributed by atoms with Crippen molar-refractivity contribution in [1.82, 2.24) is 0 Å². The molecule has 0 amide bonds. The molecule has 64 valence electrons. The number of allylic oxidation sites excluding steroid dienone is 1. The summed E-state index contributed by atoms with van der Waals surface area (Å²) in [6.07, 6.45) is 4.96. The Labute approximate surface area is 67.6 Å². The molecular formula is C9H16O2. The lowest BCUT2D eigenvalue weighted by Crippen LogP contribution is -2.33. The van der Waals surface area contributed by atoms with Gasteiger partial charge in [0.25, 0.3) is 0 Å². The van der Waals surface area contributed by atoms with Crippen LogP contribution in [0.1, 0.15) is 25.7 Å². The van der Waals surface area contributed by atoms with Gasteiger partial charge in [-0.25, -0.2) is 0 Å². The smallest absolute Gasteiger partial charge is 0.0621 e. The Morgan fingerprint density at radius 2 is 2.36 bits per heavy atom. The summed E-state index contributed by atoms with van der Waals surface area (Å²) >= 11 is 0. The van der Waals surface area contributed by atoms with Crippen molar-refractivity contribution in [2.24, 2.45) is 5.41 Å². The van der Waals surface area contributed by atoms with Crippen LogP contribution in [0.15, 0.2) is 12.7 Å². The first-order valence-corrected chi connectivity index (χ1v) is 4.15. The second kappa shape index (κ2) is 3.37. The molecule has 1 aliphatic carbocycles. The molecule has 0 bridgehead atoms. The highest BCUT2D eigenvalue weighted by Crippen LogP contribution is 2.40. The van der Waals surface area contributed by atoms with Crippen molar-refractivity contribution in [2.45, 2.75) is 31.8 Å². The summed E-state index contributed by atoms with van der Waals surface area (Å²) in [6.45, 7) is 3.71. The lowest BCUT2D eigenvalue weighted by Gasteiger charge is -2.28. The molecule has 2 unspecified atom stereocenters. The number of rotatable bonds is 3. The van der Waals surface area contributed by atoms with Crippen molar-refractivity contribution >= 4 is 0 Å². The van der Waals surface area contributed by atoms with Crippen LogP contribution in [0.25, 0.3) is 0 Å². The molecule has 2 N–H and O–H groups in total. The van der Waals surface area contributed by atoms with Gasteiger partial charge in [0.1, 0.15) is 0 Å². The van der Waals surface area contributed by atoms with Crippen LogP contribution in [-0.2, 0) is 0 Å². The summed E-state index contributed by atoms with van der Waals surface area (Å²) in [5.41, 5.74) is -0.262. The van der Waals surface area contributed by atoms with E-state index in [9.17, 15) is 5.11 Å². The summed E-state index contributed by atoms with van der Waals surface area (Å²) in [5.74, 6) is 0. The highest BCUT2D eigenvalue weighted by atomic mass is 16.3. The molecule has 1 aliphatic rings. The fourth-order valence-electron chi connectivity index (χ4n) is 1.89. The third kappa shape index (κ3) is 1.47. The molecule has 0 saturated heterocycles. The van der Waals surface area contributed by atoms with E-state index in [-0.39, 0.29) is 18.1 Å². The molecular weight excluding hydrogens is 140 g/mol. The van der Waals surface area contributed by atoms with Gasteiger partial charge in [-0.2, -0.15) is 0 Å². The first-order chi connectivity index (χ1) is 5.25. The summed E-state index contributed by atoms with van der Waals surface area (Å²) in [6, 6.07) is 0. The average molecular weight is 156 g/mol. The molecule has 2 atom stereocenters. The minimum absolute atomic E-state index is 0.0835. The standard InChI is InChI=1S/C9H16O2/c1-2-5-9(7-10)6-3-4-8(9)11/h2,8,10-11H,1,3-7H2. The predicted octanol–water partition coefficient (Wildman–Crippen LogP) is 1.09. The van der Waals surface area contributed by atoms with Crippen molar-refractivity contribution in [3.63, 3.8) is 0 Å². The number of hydrogen-bond donors (Lipinski definition) is 2. The molecule has 1 rings (SSSR count). The van der Waals surface area contributed by atoms with Gasteiger partial charge >= 0.3 is 0 Å². The van der Waals surface area contributed by atoms with Gasteiger partial charge in [0, 0.05) is 5.41 Å². The van der Waals surface area contributed by atoms with Gasteiger partial charge in [-0.15, -0.1) is 6.58 Å². The number of hydrogen-bond acceptors (Lipinski definition) is 2.